The van der Waals surface area contributed by atoms with Crippen LogP contribution in [0.4, 0.5) is 16.4 Å². The molecule has 0 aliphatic carbocycles. The minimum atomic E-state index is -4.17. The monoisotopic (exact) mass is 635 g/mol. The smallest absolute Gasteiger partial charge is 0.416 e. The molecule has 0 saturated carbocycles. The topological polar surface area (TPSA) is 137 Å². The van der Waals surface area contributed by atoms with Gasteiger partial charge in [-0.3, -0.25) is 4.90 Å². The summed E-state index contributed by atoms with van der Waals surface area (Å²) < 4.78 is 51.6. The van der Waals surface area contributed by atoms with Gasteiger partial charge in [0.05, 0.1) is 29.3 Å². The van der Waals surface area contributed by atoms with E-state index in [0.29, 0.717) is 40.7 Å². The summed E-state index contributed by atoms with van der Waals surface area (Å²) in [7, 11) is -2.75. The first kappa shape index (κ1) is 32.1. The van der Waals surface area contributed by atoms with Crippen molar-refractivity contribution in [3.05, 3.63) is 82.0 Å². The number of hydrogen-bond acceptors (Lipinski definition) is 10. The predicted octanol–water partition coefficient (Wildman–Crippen LogP) is 5.92. The van der Waals surface area contributed by atoms with E-state index in [4.69, 9.17) is 18.7 Å². The standard InChI is InChI=1S/C32H37N5O7S/c1-8-42-17-25-15-24(16-36-31-29(22(5)43-32(36)38)20(3)33-23(6)34-31)13-14-26(25)27-11-9-10-12-28(27)45(39,40)37(18-41-7)30-19(2)21(4)44-35-30/h9-15,22H,8,16-18H2,1-7H3. The van der Waals surface area contributed by atoms with Crippen LogP contribution in [0.2, 0.25) is 0 Å². The third-order valence-corrected chi connectivity index (χ3v) is 9.49. The van der Waals surface area contributed by atoms with Crippen LogP contribution in [0, 0.1) is 27.7 Å². The molecule has 3 heterocycles. The summed E-state index contributed by atoms with van der Waals surface area (Å²) in [5.41, 5.74) is 4.80. The molecular weight excluding hydrogens is 598 g/mol. The van der Waals surface area contributed by atoms with E-state index in [1.54, 1.807) is 52.0 Å². The van der Waals surface area contributed by atoms with E-state index in [-0.39, 0.29) is 30.6 Å². The first-order chi connectivity index (χ1) is 21.5. The van der Waals surface area contributed by atoms with Gasteiger partial charge in [0.15, 0.2) is 5.82 Å². The predicted molar refractivity (Wildman–Crippen MR) is 167 cm³/mol. The molecule has 1 amide bonds. The quantitative estimate of drug-likeness (QED) is 0.183. The van der Waals surface area contributed by atoms with E-state index in [9.17, 15) is 13.2 Å². The highest BCUT2D eigenvalue weighted by Crippen LogP contribution is 2.38. The van der Waals surface area contributed by atoms with Gasteiger partial charge in [-0.15, -0.1) is 0 Å². The van der Waals surface area contributed by atoms with Crippen molar-refractivity contribution in [3.63, 3.8) is 0 Å². The number of aryl methyl sites for hydroxylation is 3. The normalized spacial score (nSPS) is 14.8. The number of carbonyl (C=O) groups is 1. The number of aromatic nitrogens is 3. The Morgan fingerprint density at radius 2 is 1.80 bits per heavy atom. The lowest BCUT2D eigenvalue weighted by molar-refractivity contribution is 0.106. The lowest BCUT2D eigenvalue weighted by atomic mass is 9.97. The van der Waals surface area contributed by atoms with Crippen molar-refractivity contribution in [3.8, 4) is 11.1 Å². The zero-order valence-corrected chi connectivity index (χ0v) is 27.3. The molecule has 1 aliphatic rings. The highest BCUT2D eigenvalue weighted by molar-refractivity contribution is 7.93. The third kappa shape index (κ3) is 6.15. The number of anilines is 2. The molecule has 0 bridgehead atoms. The van der Waals surface area contributed by atoms with Gasteiger partial charge in [0, 0.05) is 24.8 Å². The molecule has 45 heavy (non-hydrogen) atoms. The van der Waals surface area contributed by atoms with Gasteiger partial charge in [-0.2, -0.15) is 0 Å². The Morgan fingerprint density at radius 3 is 2.49 bits per heavy atom. The van der Waals surface area contributed by atoms with Crippen molar-refractivity contribution >= 4 is 27.8 Å². The van der Waals surface area contributed by atoms with Crippen LogP contribution in [0.1, 0.15) is 59.5 Å². The number of nitrogens with zero attached hydrogens (tertiary/aromatic N) is 5. The Hall–Kier alpha value is -4.33. The number of rotatable bonds is 11. The maximum atomic E-state index is 14.2. The Balaban J connectivity index is 1.58. The molecule has 5 rings (SSSR count). The van der Waals surface area contributed by atoms with Crippen molar-refractivity contribution in [1.29, 1.82) is 0 Å². The molecule has 1 unspecified atom stereocenters. The number of benzene rings is 2. The Labute approximate surface area is 263 Å². The van der Waals surface area contributed by atoms with Crippen LogP contribution < -0.4 is 9.21 Å². The van der Waals surface area contributed by atoms with Crippen molar-refractivity contribution in [2.75, 3.05) is 29.7 Å². The summed E-state index contributed by atoms with van der Waals surface area (Å²) in [5.74, 6) is 1.75. The number of carbonyl (C=O) groups excluding carboxylic acids is 1. The number of ether oxygens (including phenoxy) is 3. The molecule has 12 nitrogen and oxygen atoms in total. The van der Waals surface area contributed by atoms with Crippen molar-refractivity contribution in [2.24, 2.45) is 0 Å². The number of sulfonamides is 1. The zero-order valence-electron chi connectivity index (χ0n) is 26.4. The maximum absolute atomic E-state index is 14.2. The first-order valence-electron chi connectivity index (χ1n) is 14.5. The van der Waals surface area contributed by atoms with E-state index in [0.717, 1.165) is 26.7 Å². The lowest BCUT2D eigenvalue weighted by Crippen LogP contribution is -2.38. The van der Waals surface area contributed by atoms with Crippen LogP contribution in [-0.2, 0) is 37.4 Å². The van der Waals surface area contributed by atoms with E-state index in [2.05, 4.69) is 15.1 Å². The van der Waals surface area contributed by atoms with Gasteiger partial charge in [-0.1, -0.05) is 41.6 Å². The minimum absolute atomic E-state index is 0.0674. The molecule has 0 N–H and O–H groups in total. The molecule has 238 valence electrons. The number of methoxy groups -OCH3 is 1. The molecule has 2 aromatic heterocycles. The first-order valence-corrected chi connectivity index (χ1v) is 16.0. The van der Waals surface area contributed by atoms with Crippen molar-refractivity contribution in [1.82, 2.24) is 15.1 Å². The zero-order chi connectivity index (χ0) is 32.5. The second kappa shape index (κ2) is 13.0. The summed E-state index contributed by atoms with van der Waals surface area (Å²) in [5, 5.41) is 4.01. The highest BCUT2D eigenvalue weighted by atomic mass is 32.2. The fourth-order valence-electron chi connectivity index (χ4n) is 5.44. The SMILES string of the molecule is CCOCc1cc(CN2C(=O)OC(C)c3c(C)nc(C)nc32)ccc1-c1ccccc1S(=O)(=O)N(COC)c1noc(C)c1C. The summed E-state index contributed by atoms with van der Waals surface area (Å²) in [4.78, 5) is 23.7. The minimum Gasteiger partial charge on any atom is -0.441 e. The molecular formula is C32H37N5O7S. The van der Waals surface area contributed by atoms with Crippen LogP contribution in [-0.4, -0.2) is 50.1 Å². The van der Waals surface area contributed by atoms with Gasteiger partial charge in [0.2, 0.25) is 0 Å². The van der Waals surface area contributed by atoms with E-state index in [1.165, 1.54) is 12.0 Å². The van der Waals surface area contributed by atoms with Gasteiger partial charge in [0.1, 0.15) is 30.2 Å². The molecule has 1 aliphatic heterocycles. The van der Waals surface area contributed by atoms with E-state index >= 15 is 0 Å². The van der Waals surface area contributed by atoms with Crippen LogP contribution >= 0.6 is 0 Å². The maximum Gasteiger partial charge on any atom is 0.416 e. The number of amides is 1. The average molecular weight is 636 g/mol. The summed E-state index contributed by atoms with van der Waals surface area (Å²) in [6.07, 6.45) is -0.975. The molecule has 2 aromatic carbocycles. The highest BCUT2D eigenvalue weighted by Gasteiger charge is 2.35. The number of fused-ring (bicyclic) bond motifs is 1. The summed E-state index contributed by atoms with van der Waals surface area (Å²) in [6, 6.07) is 12.4. The molecule has 1 atom stereocenters. The van der Waals surface area contributed by atoms with Crippen molar-refractivity contribution < 1.29 is 31.9 Å². The average Bonchev–Trinajstić information content (AvgIpc) is 3.33. The van der Waals surface area contributed by atoms with Crippen LogP contribution in [0.5, 0.6) is 0 Å². The summed E-state index contributed by atoms with van der Waals surface area (Å²) in [6.45, 7) is 11.4. The van der Waals surface area contributed by atoms with Gasteiger partial charge < -0.3 is 18.7 Å². The van der Waals surface area contributed by atoms with E-state index < -0.39 is 22.2 Å². The Kier molecular flexibility index (Phi) is 9.23. The number of cyclic esters (lactones) is 1. The van der Waals surface area contributed by atoms with Gasteiger partial charge in [0.25, 0.3) is 10.0 Å². The fraction of sp³-hybridized carbons (Fsp3) is 0.375. The van der Waals surface area contributed by atoms with E-state index in [1.807, 2.05) is 32.0 Å². The Bertz CT molecular complexity index is 1840. The van der Waals surface area contributed by atoms with Gasteiger partial charge >= 0.3 is 6.09 Å². The molecule has 13 heteroatoms. The largest absolute Gasteiger partial charge is 0.441 e. The van der Waals surface area contributed by atoms with Crippen LogP contribution in [0.25, 0.3) is 11.1 Å². The number of hydrogen-bond donors (Lipinski definition) is 0. The lowest BCUT2D eigenvalue weighted by Gasteiger charge is -2.32. The van der Waals surface area contributed by atoms with Gasteiger partial charge in [-0.25, -0.2) is 27.5 Å². The van der Waals surface area contributed by atoms with Crippen molar-refractivity contribution in [2.45, 2.75) is 65.7 Å². The van der Waals surface area contributed by atoms with Gasteiger partial charge in [-0.05, 0) is 64.3 Å². The fourth-order valence-corrected chi connectivity index (χ4v) is 7.03. The molecule has 0 radical (unpaired) electrons. The third-order valence-electron chi connectivity index (χ3n) is 7.72. The molecule has 0 fully saturated rings. The summed E-state index contributed by atoms with van der Waals surface area (Å²) >= 11 is 0. The van der Waals surface area contributed by atoms with Crippen LogP contribution in [0.3, 0.4) is 0 Å². The van der Waals surface area contributed by atoms with Crippen LogP contribution in [0.15, 0.2) is 51.9 Å². The second-order valence-corrected chi connectivity index (χ2v) is 12.6. The molecule has 0 spiro atoms. The molecule has 0 saturated heterocycles. The molecule has 4 aromatic rings. The second-order valence-electron chi connectivity index (χ2n) is 10.8. The Morgan fingerprint density at radius 1 is 1.04 bits per heavy atom.